The fourth-order valence-corrected chi connectivity index (χ4v) is 4.37. The van der Waals surface area contributed by atoms with Gasteiger partial charge < -0.3 is 10.2 Å². The molecule has 2 N–H and O–H groups in total. The van der Waals surface area contributed by atoms with E-state index in [9.17, 15) is 17.6 Å². The first kappa shape index (κ1) is 22.8. The quantitative estimate of drug-likeness (QED) is 0.753. The Balaban J connectivity index is 0.00000338. The maximum atomic E-state index is 13.9. The van der Waals surface area contributed by atoms with E-state index in [1.165, 1.54) is 18.2 Å². The second-order valence-electron chi connectivity index (χ2n) is 6.66. The molecule has 0 aliphatic carbocycles. The van der Waals surface area contributed by atoms with Crippen molar-refractivity contribution in [3.8, 4) is 0 Å². The van der Waals surface area contributed by atoms with Crippen LogP contribution in [0.2, 0.25) is 0 Å². The molecule has 9 heteroatoms. The summed E-state index contributed by atoms with van der Waals surface area (Å²) in [6, 6.07) is 4.60. The van der Waals surface area contributed by atoms with Crippen molar-refractivity contribution in [1.82, 2.24) is 14.9 Å². The summed E-state index contributed by atoms with van der Waals surface area (Å²) in [5, 5.41) is 3.19. The van der Waals surface area contributed by atoms with E-state index in [2.05, 4.69) is 10.0 Å². The predicted octanol–water partition coefficient (Wildman–Crippen LogP) is 1.76. The summed E-state index contributed by atoms with van der Waals surface area (Å²) in [6.45, 7) is 4.70. The number of nitrogens with zero attached hydrogens (tertiary/aromatic N) is 1. The molecule has 1 fully saturated rings. The first-order chi connectivity index (χ1) is 11.8. The standard InChI is InChI=1S/C17H26FN3O3S.ClH/c1-12(2)16(17(22)21-10-8-13(19-3)9-11-21)20-25(23,24)15-7-5-4-6-14(15)18;/h4-7,12-13,16,19-20H,8-11H2,1-3H3;1H. The van der Waals surface area contributed by atoms with Gasteiger partial charge in [0.1, 0.15) is 16.8 Å². The Bertz CT molecular complexity index is 707. The zero-order chi connectivity index (χ0) is 18.6. The molecule has 1 atom stereocenters. The normalized spacial score (nSPS) is 17.0. The van der Waals surface area contributed by atoms with Gasteiger partial charge in [-0.1, -0.05) is 26.0 Å². The van der Waals surface area contributed by atoms with Crippen LogP contribution in [0.5, 0.6) is 0 Å². The monoisotopic (exact) mass is 407 g/mol. The number of amides is 1. The van der Waals surface area contributed by atoms with Gasteiger partial charge in [-0.3, -0.25) is 4.79 Å². The summed E-state index contributed by atoms with van der Waals surface area (Å²) in [5.74, 6) is -1.35. The van der Waals surface area contributed by atoms with Gasteiger partial charge in [-0.2, -0.15) is 4.72 Å². The van der Waals surface area contributed by atoms with Crippen LogP contribution in [0.4, 0.5) is 4.39 Å². The van der Waals surface area contributed by atoms with E-state index in [1.54, 1.807) is 18.7 Å². The van der Waals surface area contributed by atoms with Crippen LogP contribution in [0.1, 0.15) is 26.7 Å². The molecule has 26 heavy (non-hydrogen) atoms. The molecule has 0 aromatic heterocycles. The van der Waals surface area contributed by atoms with Crippen molar-refractivity contribution in [1.29, 1.82) is 0 Å². The minimum Gasteiger partial charge on any atom is -0.341 e. The number of hydrogen-bond acceptors (Lipinski definition) is 4. The summed E-state index contributed by atoms with van der Waals surface area (Å²) < 4.78 is 41.3. The highest BCUT2D eigenvalue weighted by Gasteiger charge is 2.33. The Morgan fingerprint density at radius 3 is 2.31 bits per heavy atom. The zero-order valence-corrected chi connectivity index (χ0v) is 16.9. The summed E-state index contributed by atoms with van der Waals surface area (Å²) in [4.78, 5) is 14.1. The molecule has 1 unspecified atom stereocenters. The summed E-state index contributed by atoms with van der Waals surface area (Å²) in [6.07, 6.45) is 1.65. The number of likely N-dealkylation sites (tertiary alicyclic amines) is 1. The fraction of sp³-hybridized carbons (Fsp3) is 0.588. The predicted molar refractivity (Wildman–Crippen MR) is 101 cm³/mol. The van der Waals surface area contributed by atoms with E-state index in [-0.39, 0.29) is 24.2 Å². The number of hydrogen-bond donors (Lipinski definition) is 2. The highest BCUT2D eigenvalue weighted by Crippen LogP contribution is 2.18. The lowest BCUT2D eigenvalue weighted by atomic mass is 10.0. The van der Waals surface area contributed by atoms with Gasteiger partial charge in [0.25, 0.3) is 0 Å². The Morgan fingerprint density at radius 2 is 1.81 bits per heavy atom. The lowest BCUT2D eigenvalue weighted by Crippen LogP contribution is -2.54. The van der Waals surface area contributed by atoms with E-state index < -0.39 is 26.8 Å². The van der Waals surface area contributed by atoms with E-state index in [4.69, 9.17) is 0 Å². The molecule has 1 aliphatic rings. The molecule has 1 heterocycles. The van der Waals surface area contributed by atoms with Gasteiger partial charge in [0.2, 0.25) is 15.9 Å². The molecule has 6 nitrogen and oxygen atoms in total. The Labute approximate surface area is 161 Å². The maximum Gasteiger partial charge on any atom is 0.244 e. The molecular formula is C17H27ClFN3O3S. The molecule has 148 valence electrons. The van der Waals surface area contributed by atoms with Crippen LogP contribution in [-0.2, 0) is 14.8 Å². The van der Waals surface area contributed by atoms with Crippen molar-refractivity contribution in [3.63, 3.8) is 0 Å². The lowest BCUT2D eigenvalue weighted by molar-refractivity contribution is -0.135. The highest BCUT2D eigenvalue weighted by molar-refractivity contribution is 7.89. The first-order valence-electron chi connectivity index (χ1n) is 8.49. The van der Waals surface area contributed by atoms with E-state index in [0.717, 1.165) is 18.9 Å². The van der Waals surface area contributed by atoms with E-state index >= 15 is 0 Å². The molecule has 1 aromatic rings. The molecular weight excluding hydrogens is 381 g/mol. The second kappa shape index (κ2) is 9.64. The number of halogens is 2. The van der Waals surface area contributed by atoms with Gasteiger partial charge >= 0.3 is 0 Å². The minimum absolute atomic E-state index is 0. The largest absolute Gasteiger partial charge is 0.341 e. The lowest BCUT2D eigenvalue weighted by Gasteiger charge is -2.35. The molecule has 1 saturated heterocycles. The summed E-state index contributed by atoms with van der Waals surface area (Å²) in [5.41, 5.74) is 0. The molecule has 0 radical (unpaired) electrons. The summed E-state index contributed by atoms with van der Waals surface area (Å²) in [7, 11) is -2.23. The van der Waals surface area contributed by atoms with Gasteiger partial charge in [-0.25, -0.2) is 12.8 Å². The van der Waals surface area contributed by atoms with Crippen LogP contribution in [0, 0.1) is 11.7 Å². The van der Waals surface area contributed by atoms with Gasteiger partial charge in [0.15, 0.2) is 0 Å². The van der Waals surface area contributed by atoms with Crippen molar-refractivity contribution in [2.24, 2.45) is 5.92 Å². The third-order valence-electron chi connectivity index (χ3n) is 4.56. The van der Waals surface area contributed by atoms with Gasteiger partial charge in [-0.15, -0.1) is 12.4 Å². The molecule has 2 rings (SSSR count). The number of piperidine rings is 1. The van der Waals surface area contributed by atoms with Crippen molar-refractivity contribution >= 4 is 28.3 Å². The van der Waals surface area contributed by atoms with Gasteiger partial charge in [0, 0.05) is 19.1 Å². The van der Waals surface area contributed by atoms with Gasteiger partial charge in [0.05, 0.1) is 0 Å². The fourth-order valence-electron chi connectivity index (χ4n) is 2.95. The molecule has 1 aliphatic heterocycles. The van der Waals surface area contributed by atoms with E-state index in [1.807, 2.05) is 7.05 Å². The third-order valence-corrected chi connectivity index (χ3v) is 6.03. The average Bonchev–Trinajstić information content (AvgIpc) is 2.59. The zero-order valence-electron chi connectivity index (χ0n) is 15.2. The Hall–Kier alpha value is -1.22. The molecule has 0 saturated carbocycles. The van der Waals surface area contributed by atoms with E-state index in [0.29, 0.717) is 19.1 Å². The molecule has 1 aromatic carbocycles. The van der Waals surface area contributed by atoms with Crippen LogP contribution < -0.4 is 10.0 Å². The minimum atomic E-state index is -4.12. The Kier molecular flexibility index (Phi) is 8.46. The smallest absolute Gasteiger partial charge is 0.244 e. The summed E-state index contributed by atoms with van der Waals surface area (Å²) >= 11 is 0. The Morgan fingerprint density at radius 1 is 1.23 bits per heavy atom. The number of carbonyl (C=O) groups excluding carboxylic acids is 1. The first-order valence-corrected chi connectivity index (χ1v) is 9.97. The number of rotatable bonds is 6. The van der Waals surface area contributed by atoms with Crippen LogP contribution in [0.15, 0.2) is 29.2 Å². The van der Waals surface area contributed by atoms with Crippen LogP contribution in [0.25, 0.3) is 0 Å². The maximum absolute atomic E-state index is 13.9. The van der Waals surface area contributed by atoms with Crippen molar-refractivity contribution < 1.29 is 17.6 Å². The molecule has 0 spiro atoms. The van der Waals surface area contributed by atoms with Crippen LogP contribution in [0.3, 0.4) is 0 Å². The van der Waals surface area contributed by atoms with Crippen molar-refractivity contribution in [3.05, 3.63) is 30.1 Å². The second-order valence-corrected chi connectivity index (χ2v) is 8.34. The third kappa shape index (κ3) is 5.39. The number of nitrogens with one attached hydrogen (secondary N) is 2. The molecule has 1 amide bonds. The molecule has 0 bridgehead atoms. The van der Waals surface area contributed by atoms with Gasteiger partial charge in [-0.05, 0) is 37.9 Å². The van der Waals surface area contributed by atoms with Crippen LogP contribution >= 0.6 is 12.4 Å². The average molecular weight is 408 g/mol. The van der Waals surface area contributed by atoms with Crippen LogP contribution in [-0.4, -0.2) is 51.4 Å². The van der Waals surface area contributed by atoms with Crippen molar-refractivity contribution in [2.75, 3.05) is 20.1 Å². The highest BCUT2D eigenvalue weighted by atomic mass is 35.5. The number of carbonyl (C=O) groups is 1. The number of benzene rings is 1. The topological polar surface area (TPSA) is 78.5 Å². The number of sulfonamides is 1. The SMILES string of the molecule is CNC1CCN(C(=O)C(NS(=O)(=O)c2ccccc2F)C(C)C)CC1.Cl. The van der Waals surface area contributed by atoms with Crippen molar-refractivity contribution in [2.45, 2.75) is 43.7 Å².